The van der Waals surface area contributed by atoms with Crippen molar-refractivity contribution in [3.63, 3.8) is 0 Å². The molecule has 0 N–H and O–H groups in total. The van der Waals surface area contributed by atoms with Crippen molar-refractivity contribution in [2.45, 2.75) is 45.1 Å². The van der Waals surface area contributed by atoms with Crippen LogP contribution in [-0.4, -0.2) is 21.4 Å². The number of carbonyl (C=O) groups excluding carboxylic acids is 1. The molecule has 25 heavy (non-hydrogen) atoms. The smallest absolute Gasteiger partial charge is 0.343 e. The molecule has 0 unspecified atom stereocenters. The molecule has 1 saturated carbocycles. The topological polar surface area (TPSA) is 25.2 Å². The normalized spacial score (nSPS) is 14.6. The maximum absolute atomic E-state index is 13.2. The summed E-state index contributed by atoms with van der Waals surface area (Å²) in [4.78, 5) is 14.6. The molecule has 1 fully saturated rings. The highest BCUT2D eigenvalue weighted by atomic mass is 79.9. The van der Waals surface area contributed by atoms with E-state index in [1.54, 1.807) is 21.6 Å². The maximum Gasteiger partial charge on any atom is 0.416 e. The summed E-state index contributed by atoms with van der Waals surface area (Å²) >= 11 is 3.36. The molecule has 1 heterocycles. The minimum atomic E-state index is -4.43. The molecule has 1 amide bonds. The molecule has 3 nitrogen and oxygen atoms in total. The molecule has 0 spiro atoms. The van der Waals surface area contributed by atoms with E-state index < -0.39 is 11.7 Å². The van der Waals surface area contributed by atoms with Crippen LogP contribution in [-0.2, 0) is 19.3 Å². The summed E-state index contributed by atoms with van der Waals surface area (Å²) in [5.41, 5.74) is -0.0600. The SMILES string of the molecule is CCn1cc(Br)cc1C(=O)N(Cc1ccccc1C(F)(F)F)C1CC1. The Bertz CT molecular complexity index is 781. The van der Waals surface area contributed by atoms with Crippen molar-refractivity contribution in [3.8, 4) is 0 Å². The molecule has 3 rings (SSSR count). The number of hydrogen-bond donors (Lipinski definition) is 0. The Labute approximate surface area is 152 Å². The van der Waals surface area contributed by atoms with Crippen molar-refractivity contribution in [2.24, 2.45) is 0 Å². The maximum atomic E-state index is 13.2. The van der Waals surface area contributed by atoms with Crippen LogP contribution in [0.3, 0.4) is 0 Å². The Morgan fingerprint density at radius 1 is 1.32 bits per heavy atom. The molecule has 1 aromatic heterocycles. The van der Waals surface area contributed by atoms with Gasteiger partial charge in [0.25, 0.3) is 5.91 Å². The Balaban J connectivity index is 1.92. The molecule has 0 saturated heterocycles. The molecule has 1 aromatic carbocycles. The van der Waals surface area contributed by atoms with E-state index in [4.69, 9.17) is 0 Å². The lowest BCUT2D eigenvalue weighted by Crippen LogP contribution is -2.34. The first kappa shape index (κ1) is 18.0. The Kier molecular flexibility index (Phi) is 4.95. The van der Waals surface area contributed by atoms with Gasteiger partial charge in [0.15, 0.2) is 0 Å². The third-order valence-corrected chi connectivity index (χ3v) is 4.77. The monoisotopic (exact) mass is 414 g/mol. The van der Waals surface area contributed by atoms with Crippen LogP contribution in [0.15, 0.2) is 41.0 Å². The molecule has 2 aromatic rings. The van der Waals surface area contributed by atoms with E-state index in [2.05, 4.69) is 15.9 Å². The second kappa shape index (κ2) is 6.86. The lowest BCUT2D eigenvalue weighted by atomic mass is 10.1. The van der Waals surface area contributed by atoms with E-state index in [1.165, 1.54) is 12.1 Å². The average molecular weight is 415 g/mol. The van der Waals surface area contributed by atoms with Crippen molar-refractivity contribution >= 4 is 21.8 Å². The third kappa shape index (κ3) is 3.92. The second-order valence-electron chi connectivity index (χ2n) is 6.15. The van der Waals surface area contributed by atoms with Gasteiger partial charge >= 0.3 is 6.18 Å². The summed E-state index contributed by atoms with van der Waals surface area (Å²) in [7, 11) is 0. The number of carbonyl (C=O) groups is 1. The number of aryl methyl sites for hydroxylation is 1. The second-order valence-corrected chi connectivity index (χ2v) is 7.06. The predicted octanol–water partition coefficient (Wildman–Crippen LogP) is 5.09. The first-order valence-electron chi connectivity index (χ1n) is 8.13. The largest absolute Gasteiger partial charge is 0.416 e. The van der Waals surface area contributed by atoms with Crippen LogP contribution in [0.1, 0.15) is 41.4 Å². The summed E-state index contributed by atoms with van der Waals surface area (Å²) in [6.07, 6.45) is -0.967. The van der Waals surface area contributed by atoms with Crippen LogP contribution in [0.4, 0.5) is 13.2 Å². The van der Waals surface area contributed by atoms with Crippen molar-refractivity contribution < 1.29 is 18.0 Å². The molecule has 0 radical (unpaired) electrons. The van der Waals surface area contributed by atoms with Gasteiger partial charge in [0.1, 0.15) is 5.69 Å². The van der Waals surface area contributed by atoms with Crippen molar-refractivity contribution in [1.29, 1.82) is 0 Å². The summed E-state index contributed by atoms with van der Waals surface area (Å²) in [5.74, 6) is -0.230. The molecule has 1 aliphatic rings. The molecule has 7 heteroatoms. The highest BCUT2D eigenvalue weighted by Crippen LogP contribution is 2.35. The van der Waals surface area contributed by atoms with Crippen LogP contribution >= 0.6 is 15.9 Å². The van der Waals surface area contributed by atoms with Gasteiger partial charge in [0.2, 0.25) is 0 Å². The van der Waals surface area contributed by atoms with Gasteiger partial charge in [0.05, 0.1) is 5.56 Å². The Hall–Kier alpha value is -1.76. The zero-order valence-corrected chi connectivity index (χ0v) is 15.3. The number of halogens is 4. The Morgan fingerprint density at radius 3 is 2.60 bits per heavy atom. The number of amides is 1. The highest BCUT2D eigenvalue weighted by Gasteiger charge is 2.37. The number of nitrogens with zero attached hydrogens (tertiary/aromatic N) is 2. The van der Waals surface area contributed by atoms with Crippen LogP contribution < -0.4 is 0 Å². The van der Waals surface area contributed by atoms with E-state index in [-0.39, 0.29) is 24.1 Å². The number of alkyl halides is 3. The number of hydrogen-bond acceptors (Lipinski definition) is 1. The van der Waals surface area contributed by atoms with E-state index >= 15 is 0 Å². The first-order valence-corrected chi connectivity index (χ1v) is 8.92. The number of rotatable bonds is 5. The van der Waals surface area contributed by atoms with Crippen LogP contribution in [0, 0.1) is 0 Å². The molecule has 0 atom stereocenters. The van der Waals surface area contributed by atoms with Gasteiger partial charge in [0, 0.05) is 29.8 Å². The minimum absolute atomic E-state index is 0.00720. The van der Waals surface area contributed by atoms with E-state index in [9.17, 15) is 18.0 Å². The zero-order valence-electron chi connectivity index (χ0n) is 13.7. The number of benzene rings is 1. The summed E-state index contributed by atoms with van der Waals surface area (Å²) in [6, 6.07) is 7.18. The van der Waals surface area contributed by atoms with E-state index in [0.29, 0.717) is 12.2 Å². The standard InChI is InChI=1S/C18H18BrF3N2O/c1-2-23-11-13(19)9-16(23)17(25)24(14-7-8-14)10-12-5-3-4-6-15(12)18(20,21)22/h3-6,9,11,14H,2,7-8,10H2,1H3. The van der Waals surface area contributed by atoms with Gasteiger partial charge in [-0.05, 0) is 53.4 Å². The minimum Gasteiger partial charge on any atom is -0.343 e. The van der Waals surface area contributed by atoms with Gasteiger partial charge in [-0.3, -0.25) is 4.79 Å². The lowest BCUT2D eigenvalue weighted by Gasteiger charge is -2.25. The first-order chi connectivity index (χ1) is 11.8. The predicted molar refractivity (Wildman–Crippen MR) is 92.1 cm³/mol. The van der Waals surface area contributed by atoms with Crippen LogP contribution in [0.25, 0.3) is 0 Å². The molecule has 0 aliphatic heterocycles. The van der Waals surface area contributed by atoms with Gasteiger partial charge in [-0.25, -0.2) is 0 Å². The fourth-order valence-electron chi connectivity index (χ4n) is 2.93. The summed E-state index contributed by atoms with van der Waals surface area (Å²) in [5, 5.41) is 0. The summed E-state index contributed by atoms with van der Waals surface area (Å²) in [6.45, 7) is 2.50. The van der Waals surface area contributed by atoms with Crippen molar-refractivity contribution in [3.05, 3.63) is 57.8 Å². The quantitative estimate of drug-likeness (QED) is 0.668. The molecule has 134 valence electrons. The van der Waals surface area contributed by atoms with Gasteiger partial charge < -0.3 is 9.47 Å². The average Bonchev–Trinajstić information content (AvgIpc) is 3.33. The van der Waals surface area contributed by atoms with Crippen LogP contribution in [0.2, 0.25) is 0 Å². The third-order valence-electron chi connectivity index (χ3n) is 4.33. The number of aromatic nitrogens is 1. The van der Waals surface area contributed by atoms with Gasteiger partial charge in [-0.1, -0.05) is 18.2 Å². The molecular formula is C18H18BrF3N2O. The van der Waals surface area contributed by atoms with Crippen molar-refractivity contribution in [2.75, 3.05) is 0 Å². The van der Waals surface area contributed by atoms with Crippen LogP contribution in [0.5, 0.6) is 0 Å². The fourth-order valence-corrected chi connectivity index (χ4v) is 3.40. The van der Waals surface area contributed by atoms with Gasteiger partial charge in [-0.2, -0.15) is 13.2 Å². The lowest BCUT2D eigenvalue weighted by molar-refractivity contribution is -0.138. The highest BCUT2D eigenvalue weighted by molar-refractivity contribution is 9.10. The van der Waals surface area contributed by atoms with E-state index in [0.717, 1.165) is 23.4 Å². The zero-order chi connectivity index (χ0) is 18.2. The van der Waals surface area contributed by atoms with E-state index in [1.807, 2.05) is 13.1 Å². The molecular weight excluding hydrogens is 397 g/mol. The molecule has 1 aliphatic carbocycles. The van der Waals surface area contributed by atoms with Crippen molar-refractivity contribution in [1.82, 2.24) is 9.47 Å². The Morgan fingerprint density at radius 2 is 2.00 bits per heavy atom. The van der Waals surface area contributed by atoms with Gasteiger partial charge in [-0.15, -0.1) is 0 Å². The molecule has 0 bridgehead atoms. The fraction of sp³-hybridized carbons (Fsp3) is 0.389. The summed E-state index contributed by atoms with van der Waals surface area (Å²) < 4.78 is 42.3.